The Morgan fingerprint density at radius 2 is 1.62 bits per heavy atom. The van der Waals surface area contributed by atoms with Crippen LogP contribution in [0.25, 0.3) is 11.0 Å². The van der Waals surface area contributed by atoms with Crippen molar-refractivity contribution in [3.63, 3.8) is 0 Å². The molecule has 0 saturated heterocycles. The number of benzene rings is 3. The van der Waals surface area contributed by atoms with Crippen LogP contribution in [0.2, 0.25) is 5.02 Å². The summed E-state index contributed by atoms with van der Waals surface area (Å²) in [5, 5.41) is 0.763. The van der Waals surface area contributed by atoms with E-state index in [4.69, 9.17) is 16.6 Å². The van der Waals surface area contributed by atoms with Crippen molar-refractivity contribution in [2.45, 2.75) is 23.6 Å². The van der Waals surface area contributed by atoms with Gasteiger partial charge in [0.25, 0.3) is 0 Å². The van der Waals surface area contributed by atoms with Crippen molar-refractivity contribution in [2.75, 3.05) is 0 Å². The highest BCUT2D eigenvalue weighted by Crippen LogP contribution is 2.30. The molecule has 0 aliphatic carbocycles. The van der Waals surface area contributed by atoms with Gasteiger partial charge in [-0.15, -0.1) is 11.8 Å². The zero-order valence-corrected chi connectivity index (χ0v) is 16.0. The van der Waals surface area contributed by atoms with E-state index in [9.17, 15) is 0 Å². The summed E-state index contributed by atoms with van der Waals surface area (Å²) in [6, 6.07) is 27.1. The normalized spacial score (nSPS) is 12.4. The molecule has 0 aliphatic rings. The predicted octanol–water partition coefficient (Wildman–Crippen LogP) is 6.59. The molecule has 0 radical (unpaired) electrons. The number of halogens is 1. The molecule has 0 aliphatic heterocycles. The van der Waals surface area contributed by atoms with Crippen molar-refractivity contribution in [1.82, 2.24) is 9.55 Å². The second-order valence-electron chi connectivity index (χ2n) is 6.22. The Kier molecular flexibility index (Phi) is 5.00. The molecule has 4 heteroatoms. The van der Waals surface area contributed by atoms with E-state index in [2.05, 4.69) is 72.2 Å². The molecule has 0 amide bonds. The Labute approximate surface area is 162 Å². The fourth-order valence-electron chi connectivity index (χ4n) is 3.19. The van der Waals surface area contributed by atoms with E-state index in [0.717, 1.165) is 22.1 Å². The number of hydrogen-bond acceptors (Lipinski definition) is 2. The molecule has 4 rings (SSSR count). The molecule has 2 nitrogen and oxygen atoms in total. The first-order valence-electron chi connectivity index (χ1n) is 8.61. The zero-order valence-electron chi connectivity index (χ0n) is 14.5. The van der Waals surface area contributed by atoms with Crippen molar-refractivity contribution in [2.24, 2.45) is 0 Å². The molecule has 1 heterocycles. The molecule has 1 aromatic heterocycles. The average Bonchev–Trinajstić information content (AvgIpc) is 3.06. The monoisotopic (exact) mass is 378 g/mol. The summed E-state index contributed by atoms with van der Waals surface area (Å²) in [4.78, 5) is 6.10. The molecule has 1 unspecified atom stereocenters. The molecule has 1 atom stereocenters. The third kappa shape index (κ3) is 3.50. The van der Waals surface area contributed by atoms with Crippen LogP contribution in [-0.4, -0.2) is 9.55 Å². The van der Waals surface area contributed by atoms with Gasteiger partial charge in [0.2, 0.25) is 0 Å². The van der Waals surface area contributed by atoms with Gasteiger partial charge in [0, 0.05) is 9.92 Å². The molecular formula is C22H19ClN2S. The largest absolute Gasteiger partial charge is 0.320 e. The van der Waals surface area contributed by atoms with Crippen molar-refractivity contribution >= 4 is 34.4 Å². The van der Waals surface area contributed by atoms with Crippen LogP contribution >= 0.6 is 23.4 Å². The minimum absolute atomic E-state index is 0.226. The Morgan fingerprint density at radius 1 is 0.923 bits per heavy atom. The standard InChI is InChI=1S/C22H19ClN2S/c1-16(17-7-3-2-4-8-17)25-21-10-6-5-9-20(21)24-22(25)15-26-19-13-11-18(23)12-14-19/h2-14,16H,15H2,1H3. The van der Waals surface area contributed by atoms with Gasteiger partial charge >= 0.3 is 0 Å². The molecule has 0 spiro atoms. The van der Waals surface area contributed by atoms with E-state index >= 15 is 0 Å². The predicted molar refractivity (Wildman–Crippen MR) is 111 cm³/mol. The summed E-state index contributed by atoms with van der Waals surface area (Å²) in [7, 11) is 0. The number of fused-ring (bicyclic) bond motifs is 1. The Balaban J connectivity index is 1.70. The van der Waals surface area contributed by atoms with Crippen molar-refractivity contribution in [3.05, 3.63) is 95.3 Å². The van der Waals surface area contributed by atoms with Crippen LogP contribution in [0.1, 0.15) is 24.4 Å². The average molecular weight is 379 g/mol. The first-order chi connectivity index (χ1) is 12.7. The number of nitrogens with zero attached hydrogens (tertiary/aromatic N) is 2. The quantitative estimate of drug-likeness (QED) is 0.364. The van der Waals surface area contributed by atoms with Crippen molar-refractivity contribution in [1.29, 1.82) is 0 Å². The molecular weight excluding hydrogens is 360 g/mol. The van der Waals surface area contributed by atoms with Crippen LogP contribution in [0.4, 0.5) is 0 Å². The van der Waals surface area contributed by atoms with Crippen LogP contribution in [0.5, 0.6) is 0 Å². The maximum absolute atomic E-state index is 5.99. The van der Waals surface area contributed by atoms with Crippen molar-refractivity contribution < 1.29 is 0 Å². The number of rotatable bonds is 5. The fraction of sp³-hybridized carbons (Fsp3) is 0.136. The van der Waals surface area contributed by atoms with Crippen LogP contribution < -0.4 is 0 Å². The minimum Gasteiger partial charge on any atom is -0.320 e. The lowest BCUT2D eigenvalue weighted by Gasteiger charge is -2.18. The number of hydrogen-bond donors (Lipinski definition) is 0. The molecule has 0 saturated carbocycles. The smallest absolute Gasteiger partial charge is 0.120 e. The highest BCUT2D eigenvalue weighted by Gasteiger charge is 2.17. The van der Waals surface area contributed by atoms with E-state index in [1.807, 2.05) is 18.2 Å². The third-order valence-corrected chi connectivity index (χ3v) is 5.78. The van der Waals surface area contributed by atoms with Gasteiger partial charge in [0.1, 0.15) is 5.82 Å². The summed E-state index contributed by atoms with van der Waals surface area (Å²) in [6.07, 6.45) is 0. The Bertz CT molecular complexity index is 1010. The second-order valence-corrected chi connectivity index (χ2v) is 7.70. The van der Waals surface area contributed by atoms with E-state index in [-0.39, 0.29) is 6.04 Å². The number of para-hydroxylation sites is 2. The van der Waals surface area contributed by atoms with Crippen LogP contribution in [0.3, 0.4) is 0 Å². The van der Waals surface area contributed by atoms with Gasteiger partial charge in [-0.1, -0.05) is 54.1 Å². The summed E-state index contributed by atoms with van der Waals surface area (Å²) in [5.74, 6) is 1.90. The van der Waals surface area contributed by atoms with E-state index in [1.165, 1.54) is 16.0 Å². The minimum atomic E-state index is 0.226. The Hall–Kier alpha value is -2.23. The number of aromatic nitrogens is 2. The lowest BCUT2D eigenvalue weighted by molar-refractivity contribution is 0.634. The fourth-order valence-corrected chi connectivity index (χ4v) is 4.14. The first kappa shape index (κ1) is 17.2. The van der Waals surface area contributed by atoms with Gasteiger partial charge in [0.15, 0.2) is 0 Å². The van der Waals surface area contributed by atoms with Gasteiger partial charge < -0.3 is 4.57 Å². The topological polar surface area (TPSA) is 17.8 Å². The highest BCUT2D eigenvalue weighted by atomic mass is 35.5. The van der Waals surface area contributed by atoms with Gasteiger partial charge in [-0.25, -0.2) is 4.98 Å². The molecule has 4 aromatic rings. The molecule has 26 heavy (non-hydrogen) atoms. The van der Waals surface area contributed by atoms with Gasteiger partial charge in [0.05, 0.1) is 22.8 Å². The van der Waals surface area contributed by atoms with Gasteiger partial charge in [-0.3, -0.25) is 0 Å². The highest BCUT2D eigenvalue weighted by molar-refractivity contribution is 7.98. The lowest BCUT2D eigenvalue weighted by Crippen LogP contribution is -2.10. The van der Waals surface area contributed by atoms with Crippen LogP contribution in [0, 0.1) is 0 Å². The van der Waals surface area contributed by atoms with E-state index in [0.29, 0.717) is 0 Å². The maximum atomic E-state index is 5.99. The van der Waals surface area contributed by atoms with Gasteiger partial charge in [-0.2, -0.15) is 0 Å². The maximum Gasteiger partial charge on any atom is 0.120 e. The molecule has 130 valence electrons. The summed E-state index contributed by atoms with van der Waals surface area (Å²) >= 11 is 7.77. The third-order valence-electron chi connectivity index (χ3n) is 4.52. The van der Waals surface area contributed by atoms with Crippen molar-refractivity contribution in [3.8, 4) is 0 Å². The molecule has 3 aromatic carbocycles. The summed E-state index contributed by atoms with van der Waals surface area (Å²) in [6.45, 7) is 2.24. The lowest BCUT2D eigenvalue weighted by atomic mass is 10.1. The Morgan fingerprint density at radius 3 is 2.38 bits per heavy atom. The van der Waals surface area contributed by atoms with E-state index < -0.39 is 0 Å². The summed E-state index contributed by atoms with van der Waals surface area (Å²) < 4.78 is 2.35. The number of imidazole rings is 1. The summed E-state index contributed by atoms with van der Waals surface area (Å²) in [5.41, 5.74) is 3.51. The molecule has 0 bridgehead atoms. The van der Waals surface area contributed by atoms with E-state index in [1.54, 1.807) is 11.8 Å². The first-order valence-corrected chi connectivity index (χ1v) is 9.98. The van der Waals surface area contributed by atoms with Gasteiger partial charge in [-0.05, 0) is 48.9 Å². The zero-order chi connectivity index (χ0) is 17.9. The van der Waals surface area contributed by atoms with Crippen LogP contribution in [-0.2, 0) is 5.75 Å². The molecule has 0 N–H and O–H groups in total. The van der Waals surface area contributed by atoms with Crippen LogP contribution in [0.15, 0.2) is 83.8 Å². The second kappa shape index (κ2) is 7.56. The SMILES string of the molecule is CC(c1ccccc1)n1c(CSc2ccc(Cl)cc2)nc2ccccc21. The number of thioether (sulfide) groups is 1. The molecule has 0 fully saturated rings.